The van der Waals surface area contributed by atoms with Crippen LogP contribution in [0.2, 0.25) is 0 Å². The number of piperidine rings is 1. The summed E-state index contributed by atoms with van der Waals surface area (Å²) in [4.78, 5) is 30.8. The lowest BCUT2D eigenvalue weighted by atomic mass is 9.79. The number of rotatable bonds is 7. The highest BCUT2D eigenvalue weighted by Crippen LogP contribution is 2.38. The number of amides is 3. The Hall–Kier alpha value is -4.28. The second-order valence-corrected chi connectivity index (χ2v) is 9.08. The van der Waals surface area contributed by atoms with Crippen LogP contribution in [0.5, 0.6) is 0 Å². The fourth-order valence-corrected chi connectivity index (χ4v) is 4.81. The maximum absolute atomic E-state index is 13.7. The molecule has 2 aromatic carbocycles. The first kappa shape index (κ1) is 25.8. The van der Waals surface area contributed by atoms with Crippen molar-refractivity contribution in [2.45, 2.75) is 30.8 Å². The van der Waals surface area contributed by atoms with Gasteiger partial charge in [-0.1, -0.05) is 18.2 Å². The summed E-state index contributed by atoms with van der Waals surface area (Å²) in [6.07, 6.45) is 3.17. The first-order valence-electron chi connectivity index (χ1n) is 12.0. The molecule has 1 saturated heterocycles. The van der Waals surface area contributed by atoms with Crippen LogP contribution in [-0.4, -0.2) is 43.0 Å². The molecule has 2 aliphatic heterocycles. The molecule has 2 aromatic rings. The van der Waals surface area contributed by atoms with E-state index in [9.17, 15) is 23.6 Å². The highest BCUT2D eigenvalue weighted by molar-refractivity contribution is 5.97. The van der Waals surface area contributed by atoms with Crippen molar-refractivity contribution < 1.29 is 18.4 Å². The lowest BCUT2D eigenvalue weighted by molar-refractivity contribution is -0.117. The van der Waals surface area contributed by atoms with Crippen molar-refractivity contribution in [3.05, 3.63) is 94.0 Å². The maximum Gasteiger partial charge on any atom is 0.319 e. The second-order valence-electron chi connectivity index (χ2n) is 9.08. The first-order chi connectivity index (χ1) is 17.9. The number of hydrogen-bond acceptors (Lipinski definition) is 4. The van der Waals surface area contributed by atoms with E-state index < -0.39 is 35.2 Å². The fourth-order valence-electron chi connectivity index (χ4n) is 4.81. The van der Waals surface area contributed by atoms with Gasteiger partial charge >= 0.3 is 6.03 Å². The summed E-state index contributed by atoms with van der Waals surface area (Å²) >= 11 is 0. The van der Waals surface area contributed by atoms with Crippen molar-refractivity contribution in [3.8, 4) is 6.07 Å². The Morgan fingerprint density at radius 2 is 1.97 bits per heavy atom. The van der Waals surface area contributed by atoms with E-state index >= 15 is 0 Å². The van der Waals surface area contributed by atoms with Gasteiger partial charge in [-0.25, -0.2) is 20.1 Å². The van der Waals surface area contributed by atoms with Gasteiger partial charge < -0.3 is 25.7 Å². The molecule has 37 heavy (non-hydrogen) atoms. The van der Waals surface area contributed by atoms with Gasteiger partial charge in [0, 0.05) is 38.7 Å². The van der Waals surface area contributed by atoms with Gasteiger partial charge in [-0.3, -0.25) is 4.79 Å². The molecule has 0 radical (unpaired) electrons. The van der Waals surface area contributed by atoms with E-state index in [2.05, 4.69) is 31.8 Å². The minimum Gasteiger partial charge on any atom is -0.352 e. The molecule has 2 aliphatic rings. The minimum atomic E-state index is -1.06. The van der Waals surface area contributed by atoms with E-state index in [1.165, 1.54) is 12.3 Å². The third-order valence-corrected chi connectivity index (χ3v) is 6.87. The Labute approximate surface area is 213 Å². The summed E-state index contributed by atoms with van der Waals surface area (Å²) in [5.74, 6) is -2.51. The van der Waals surface area contributed by atoms with E-state index in [4.69, 9.17) is 6.57 Å². The predicted molar refractivity (Wildman–Crippen MR) is 132 cm³/mol. The Balaban J connectivity index is 1.29. The van der Waals surface area contributed by atoms with Gasteiger partial charge in [0.15, 0.2) is 11.6 Å². The molecule has 1 unspecified atom stereocenters. The topological polar surface area (TPSA) is 102 Å². The SMILES string of the molecule is [C-]#[N+]C1(c2ccccc2C#N)CCN(CCCNC(=O)C2=CNC(=O)NC2c2ccc(F)c(F)c2)CC1. The molecule has 3 amide bonds. The zero-order chi connectivity index (χ0) is 26.4. The zero-order valence-corrected chi connectivity index (χ0v) is 20.1. The van der Waals surface area contributed by atoms with Gasteiger partial charge in [0.1, 0.15) is 0 Å². The first-order valence-corrected chi connectivity index (χ1v) is 12.0. The normalized spacial score (nSPS) is 19.0. The third kappa shape index (κ3) is 5.60. The lowest BCUT2D eigenvalue weighted by Crippen LogP contribution is -2.45. The molecule has 3 N–H and O–H groups in total. The Morgan fingerprint density at radius 1 is 1.22 bits per heavy atom. The van der Waals surface area contributed by atoms with E-state index in [1.807, 2.05) is 12.1 Å². The van der Waals surface area contributed by atoms with Crippen molar-refractivity contribution in [2.24, 2.45) is 0 Å². The van der Waals surface area contributed by atoms with E-state index in [0.29, 0.717) is 44.5 Å². The number of nitrogens with one attached hydrogen (secondary N) is 3. The van der Waals surface area contributed by atoms with Crippen LogP contribution in [0.25, 0.3) is 4.85 Å². The van der Waals surface area contributed by atoms with Gasteiger partial charge in [0.2, 0.25) is 0 Å². The van der Waals surface area contributed by atoms with Crippen LogP contribution in [0.1, 0.15) is 42.0 Å². The van der Waals surface area contributed by atoms with Crippen LogP contribution in [0.4, 0.5) is 13.6 Å². The summed E-state index contributed by atoms with van der Waals surface area (Å²) in [5, 5.41) is 17.3. The van der Waals surface area contributed by atoms with Crippen molar-refractivity contribution in [1.29, 1.82) is 5.26 Å². The molecule has 1 fully saturated rings. The highest BCUT2D eigenvalue weighted by atomic mass is 19.2. The van der Waals surface area contributed by atoms with Crippen LogP contribution in [0.15, 0.2) is 54.2 Å². The largest absolute Gasteiger partial charge is 0.352 e. The van der Waals surface area contributed by atoms with Crippen molar-refractivity contribution in [2.75, 3.05) is 26.2 Å². The second kappa shape index (κ2) is 11.2. The molecule has 0 saturated carbocycles. The Morgan fingerprint density at radius 3 is 2.68 bits per heavy atom. The Kier molecular flexibility index (Phi) is 7.80. The van der Waals surface area contributed by atoms with Gasteiger partial charge in [-0.05, 0) is 42.8 Å². The molecular weight excluding hydrogens is 478 g/mol. The van der Waals surface area contributed by atoms with Crippen molar-refractivity contribution in [3.63, 3.8) is 0 Å². The van der Waals surface area contributed by atoms with Gasteiger partial charge in [-0.2, -0.15) is 5.26 Å². The van der Waals surface area contributed by atoms with Crippen LogP contribution in [0, 0.1) is 29.5 Å². The number of halogens is 2. The highest BCUT2D eigenvalue weighted by Gasteiger charge is 2.43. The van der Waals surface area contributed by atoms with E-state index in [1.54, 1.807) is 12.1 Å². The summed E-state index contributed by atoms with van der Waals surface area (Å²) in [7, 11) is 0. The number of carbonyl (C=O) groups is 2. The average molecular weight is 505 g/mol. The van der Waals surface area contributed by atoms with E-state index in [-0.39, 0.29) is 11.1 Å². The van der Waals surface area contributed by atoms with Crippen LogP contribution >= 0.6 is 0 Å². The molecule has 1 atom stereocenters. The number of benzene rings is 2. The van der Waals surface area contributed by atoms with Gasteiger partial charge in [0.25, 0.3) is 11.4 Å². The molecule has 4 rings (SSSR count). The smallest absolute Gasteiger partial charge is 0.319 e. The summed E-state index contributed by atoms with van der Waals surface area (Å²) in [5.41, 5.74) is 1.07. The van der Waals surface area contributed by atoms with Crippen LogP contribution in [0.3, 0.4) is 0 Å². The summed E-state index contributed by atoms with van der Waals surface area (Å²) in [6.45, 7) is 10.3. The predicted octanol–water partition coefficient (Wildman–Crippen LogP) is 3.49. The molecule has 0 bridgehead atoms. The van der Waals surface area contributed by atoms with Crippen LogP contribution < -0.4 is 16.0 Å². The minimum absolute atomic E-state index is 0.182. The maximum atomic E-state index is 13.7. The number of nitrogens with zero attached hydrogens (tertiary/aromatic N) is 3. The number of hydrogen-bond donors (Lipinski definition) is 3. The molecule has 0 aliphatic carbocycles. The zero-order valence-electron chi connectivity index (χ0n) is 20.1. The van der Waals surface area contributed by atoms with E-state index in [0.717, 1.165) is 24.2 Å². The summed E-state index contributed by atoms with van der Waals surface area (Å²) in [6, 6.07) is 11.2. The molecule has 0 aromatic heterocycles. The number of likely N-dealkylation sites (tertiary alicyclic amines) is 1. The van der Waals surface area contributed by atoms with Gasteiger partial charge in [0.05, 0.1) is 28.8 Å². The molecular formula is C27H26F2N6O2. The molecule has 2 heterocycles. The lowest BCUT2D eigenvalue weighted by Gasteiger charge is -2.34. The number of urea groups is 1. The van der Waals surface area contributed by atoms with Crippen molar-refractivity contribution >= 4 is 11.9 Å². The summed E-state index contributed by atoms with van der Waals surface area (Å²) < 4.78 is 27.1. The van der Waals surface area contributed by atoms with Gasteiger partial charge in [-0.15, -0.1) is 0 Å². The monoisotopic (exact) mass is 504 g/mol. The Bertz CT molecular complexity index is 1300. The standard InChI is InChI=1S/C27H26F2N6O2/c1-31-27(21-6-3-2-5-19(21)16-30)9-13-35(14-10-27)12-4-11-32-25(36)20-17-33-26(37)34-24(20)18-7-8-22(28)23(29)15-18/h2-3,5-8,15,17,24H,4,9-14H2,(H,32,36)(H2,33,34,37). The fraction of sp³-hybridized carbons (Fsp3) is 0.333. The average Bonchev–Trinajstić information content (AvgIpc) is 2.93. The molecule has 8 nitrogen and oxygen atoms in total. The number of carbonyl (C=O) groups excluding carboxylic acids is 2. The molecule has 0 spiro atoms. The number of nitriles is 1. The molecule has 10 heteroatoms. The molecule has 190 valence electrons. The van der Waals surface area contributed by atoms with Crippen molar-refractivity contribution in [1.82, 2.24) is 20.9 Å². The third-order valence-electron chi connectivity index (χ3n) is 6.87. The van der Waals surface area contributed by atoms with Crippen LogP contribution in [-0.2, 0) is 10.3 Å². The quantitative estimate of drug-likeness (QED) is 0.397.